The second-order valence-electron chi connectivity index (χ2n) is 4.73. The van der Waals surface area contributed by atoms with Crippen molar-refractivity contribution >= 4 is 16.5 Å². The Bertz CT molecular complexity index is 361. The lowest BCUT2D eigenvalue weighted by atomic mass is 10.3. The van der Waals surface area contributed by atoms with Gasteiger partial charge in [-0.15, -0.1) is 0 Å². The molecule has 0 saturated heterocycles. The Labute approximate surface area is 107 Å². The number of thiazole rings is 1. The maximum Gasteiger partial charge on any atom is 0.230 e. The molecule has 1 N–H and O–H groups in total. The highest BCUT2D eigenvalue weighted by molar-refractivity contribution is 7.15. The molecule has 0 atom stereocenters. The van der Waals surface area contributed by atoms with Gasteiger partial charge in [-0.1, -0.05) is 24.2 Å². The fourth-order valence-electron chi connectivity index (χ4n) is 1.70. The Balaban J connectivity index is 1.84. The number of anilines is 1. The van der Waals surface area contributed by atoms with Gasteiger partial charge in [0, 0.05) is 20.6 Å². The van der Waals surface area contributed by atoms with E-state index in [9.17, 15) is 0 Å². The zero-order valence-corrected chi connectivity index (χ0v) is 11.6. The van der Waals surface area contributed by atoms with Crippen molar-refractivity contribution in [2.75, 3.05) is 32.6 Å². The summed E-state index contributed by atoms with van der Waals surface area (Å²) < 4.78 is 5.30. The van der Waals surface area contributed by atoms with Gasteiger partial charge in [0.15, 0.2) is 5.13 Å². The Morgan fingerprint density at radius 3 is 2.82 bits per heavy atom. The molecule has 1 fully saturated rings. The van der Waals surface area contributed by atoms with Gasteiger partial charge in [0.25, 0.3) is 0 Å². The van der Waals surface area contributed by atoms with Crippen LogP contribution in [0.25, 0.3) is 0 Å². The van der Waals surface area contributed by atoms with Crippen molar-refractivity contribution in [1.82, 2.24) is 10.3 Å². The molecule has 1 aliphatic carbocycles. The molecule has 1 saturated carbocycles. The molecule has 5 heteroatoms. The first-order valence-corrected chi connectivity index (χ1v) is 6.94. The van der Waals surface area contributed by atoms with Crippen LogP contribution in [0.1, 0.15) is 24.1 Å². The van der Waals surface area contributed by atoms with Gasteiger partial charge in [-0.05, 0) is 18.9 Å². The van der Waals surface area contributed by atoms with Gasteiger partial charge in [-0.25, -0.2) is 0 Å². The van der Waals surface area contributed by atoms with Crippen LogP contribution in [0.5, 0.6) is 5.88 Å². The minimum Gasteiger partial charge on any atom is -0.480 e. The van der Waals surface area contributed by atoms with Crippen LogP contribution in [-0.2, 0) is 6.54 Å². The minimum absolute atomic E-state index is 0.762. The topological polar surface area (TPSA) is 37.4 Å². The number of nitrogens with one attached hydrogen (secondary N) is 1. The molecule has 2 rings (SSSR count). The number of nitrogens with zero attached hydrogens (tertiary/aromatic N) is 2. The first-order valence-electron chi connectivity index (χ1n) is 6.12. The van der Waals surface area contributed by atoms with Crippen molar-refractivity contribution < 1.29 is 4.74 Å². The number of hydrogen-bond donors (Lipinski definition) is 1. The highest BCUT2D eigenvalue weighted by atomic mass is 32.1. The van der Waals surface area contributed by atoms with Gasteiger partial charge in [-0.3, -0.25) is 0 Å². The van der Waals surface area contributed by atoms with E-state index in [2.05, 4.69) is 10.3 Å². The maximum atomic E-state index is 5.30. The second kappa shape index (κ2) is 5.69. The summed E-state index contributed by atoms with van der Waals surface area (Å²) in [4.78, 5) is 7.64. The molecule has 1 heterocycles. The standard InChI is InChI=1S/C12H21N3OS/c1-15(2)12-14-11(16-3)10(17-12)8-13-7-6-9-4-5-9/h9,13H,4-8H2,1-3H3. The molecule has 0 radical (unpaired) electrons. The van der Waals surface area contributed by atoms with E-state index in [0.717, 1.165) is 30.0 Å². The van der Waals surface area contributed by atoms with Gasteiger partial charge >= 0.3 is 0 Å². The summed E-state index contributed by atoms with van der Waals surface area (Å²) in [6.07, 6.45) is 4.16. The van der Waals surface area contributed by atoms with Crippen LogP contribution in [-0.4, -0.2) is 32.7 Å². The summed E-state index contributed by atoms with van der Waals surface area (Å²) in [6, 6.07) is 0. The predicted molar refractivity (Wildman–Crippen MR) is 72.0 cm³/mol. The van der Waals surface area contributed by atoms with E-state index in [1.54, 1.807) is 18.4 Å². The van der Waals surface area contributed by atoms with Crippen molar-refractivity contribution in [3.05, 3.63) is 4.88 Å². The summed E-state index contributed by atoms with van der Waals surface area (Å²) >= 11 is 1.69. The average Bonchev–Trinajstić information content (AvgIpc) is 3.03. The largest absolute Gasteiger partial charge is 0.480 e. The fourth-order valence-corrected chi connectivity index (χ4v) is 2.63. The van der Waals surface area contributed by atoms with E-state index in [1.807, 2.05) is 19.0 Å². The van der Waals surface area contributed by atoms with E-state index in [4.69, 9.17) is 4.74 Å². The molecule has 0 amide bonds. The molecular weight excluding hydrogens is 234 g/mol. The van der Waals surface area contributed by atoms with Crippen LogP contribution >= 0.6 is 11.3 Å². The molecule has 0 spiro atoms. The van der Waals surface area contributed by atoms with Crippen LogP contribution < -0.4 is 15.0 Å². The molecular formula is C12H21N3OS. The van der Waals surface area contributed by atoms with Crippen molar-refractivity contribution in [2.45, 2.75) is 25.8 Å². The summed E-state index contributed by atoms with van der Waals surface area (Å²) in [7, 11) is 5.69. The normalized spacial score (nSPS) is 15.0. The molecule has 0 aromatic carbocycles. The number of hydrogen-bond acceptors (Lipinski definition) is 5. The first-order chi connectivity index (χ1) is 8.20. The zero-order chi connectivity index (χ0) is 12.3. The Kier molecular flexibility index (Phi) is 4.23. The lowest BCUT2D eigenvalue weighted by Gasteiger charge is -2.05. The van der Waals surface area contributed by atoms with Gasteiger partial charge < -0.3 is 15.0 Å². The Hall–Kier alpha value is -0.810. The third-order valence-corrected chi connectivity index (χ3v) is 4.14. The summed E-state index contributed by atoms with van der Waals surface area (Å²) in [5, 5.41) is 4.47. The van der Waals surface area contributed by atoms with Crippen LogP contribution in [0.15, 0.2) is 0 Å². The molecule has 4 nitrogen and oxygen atoms in total. The highest BCUT2D eigenvalue weighted by Crippen LogP contribution is 2.32. The second-order valence-corrected chi connectivity index (χ2v) is 5.79. The first kappa shape index (κ1) is 12.6. The monoisotopic (exact) mass is 255 g/mol. The number of methoxy groups -OCH3 is 1. The Morgan fingerprint density at radius 1 is 1.47 bits per heavy atom. The van der Waals surface area contributed by atoms with Crippen LogP contribution in [0, 0.1) is 5.92 Å². The Morgan fingerprint density at radius 2 is 2.24 bits per heavy atom. The lowest BCUT2D eigenvalue weighted by Crippen LogP contribution is -2.14. The van der Waals surface area contributed by atoms with Gasteiger partial charge in [0.2, 0.25) is 5.88 Å². The lowest BCUT2D eigenvalue weighted by molar-refractivity contribution is 0.394. The van der Waals surface area contributed by atoms with E-state index < -0.39 is 0 Å². The van der Waals surface area contributed by atoms with E-state index >= 15 is 0 Å². The number of ether oxygens (including phenoxy) is 1. The molecule has 0 bridgehead atoms. The fraction of sp³-hybridized carbons (Fsp3) is 0.750. The van der Waals surface area contributed by atoms with Gasteiger partial charge in [0.1, 0.15) is 0 Å². The summed E-state index contributed by atoms with van der Waals surface area (Å²) in [6.45, 7) is 1.96. The summed E-state index contributed by atoms with van der Waals surface area (Å²) in [5.41, 5.74) is 0. The molecule has 0 aliphatic heterocycles. The SMILES string of the molecule is COc1nc(N(C)C)sc1CNCCC1CC1. The predicted octanol–water partition coefficient (Wildman–Crippen LogP) is 2.11. The smallest absolute Gasteiger partial charge is 0.230 e. The third kappa shape index (κ3) is 3.57. The van der Waals surface area contributed by atoms with Gasteiger partial charge in [-0.2, -0.15) is 4.98 Å². The minimum atomic E-state index is 0.762. The molecule has 0 unspecified atom stereocenters. The average molecular weight is 255 g/mol. The van der Waals surface area contributed by atoms with E-state index in [-0.39, 0.29) is 0 Å². The quantitative estimate of drug-likeness (QED) is 0.757. The number of rotatable bonds is 7. The molecule has 1 aliphatic rings. The van der Waals surface area contributed by atoms with Gasteiger partial charge in [0.05, 0.1) is 12.0 Å². The summed E-state index contributed by atoms with van der Waals surface area (Å²) in [5.74, 6) is 1.75. The van der Waals surface area contributed by atoms with E-state index in [0.29, 0.717) is 0 Å². The molecule has 1 aromatic rings. The van der Waals surface area contributed by atoms with E-state index in [1.165, 1.54) is 24.1 Å². The molecule has 1 aromatic heterocycles. The van der Waals surface area contributed by atoms with Crippen molar-refractivity contribution in [3.63, 3.8) is 0 Å². The number of aromatic nitrogens is 1. The van der Waals surface area contributed by atoms with Crippen molar-refractivity contribution in [2.24, 2.45) is 5.92 Å². The highest BCUT2D eigenvalue weighted by Gasteiger charge is 2.20. The third-order valence-electron chi connectivity index (χ3n) is 2.94. The van der Waals surface area contributed by atoms with Crippen LogP contribution in [0.2, 0.25) is 0 Å². The van der Waals surface area contributed by atoms with Crippen molar-refractivity contribution in [1.29, 1.82) is 0 Å². The van der Waals surface area contributed by atoms with Crippen LogP contribution in [0.3, 0.4) is 0 Å². The molecule has 17 heavy (non-hydrogen) atoms. The van der Waals surface area contributed by atoms with Crippen LogP contribution in [0.4, 0.5) is 5.13 Å². The molecule has 96 valence electrons. The van der Waals surface area contributed by atoms with Crippen molar-refractivity contribution in [3.8, 4) is 5.88 Å². The maximum absolute atomic E-state index is 5.30. The zero-order valence-electron chi connectivity index (χ0n) is 10.8.